The molecule has 0 aliphatic carbocycles. The summed E-state index contributed by atoms with van der Waals surface area (Å²) >= 11 is 1.42. The van der Waals surface area contributed by atoms with Crippen molar-refractivity contribution in [2.45, 2.75) is 26.4 Å². The lowest BCUT2D eigenvalue weighted by Gasteiger charge is -2.23. The normalized spacial score (nSPS) is 11.3. The molecule has 1 aromatic carbocycles. The molecule has 6 nitrogen and oxygen atoms in total. The molecule has 2 heterocycles. The first-order valence-electron chi connectivity index (χ1n) is 8.92. The molecular formula is C21H24N4O2S. The minimum atomic E-state index is -0.507. The fourth-order valence-corrected chi connectivity index (χ4v) is 3.31. The van der Waals surface area contributed by atoms with E-state index in [0.717, 1.165) is 22.4 Å². The third-order valence-corrected chi connectivity index (χ3v) is 4.61. The zero-order valence-electron chi connectivity index (χ0n) is 16.5. The van der Waals surface area contributed by atoms with Gasteiger partial charge in [0.1, 0.15) is 18.0 Å². The van der Waals surface area contributed by atoms with E-state index in [1.165, 1.54) is 11.3 Å². The Kier molecular flexibility index (Phi) is 5.65. The predicted molar refractivity (Wildman–Crippen MR) is 114 cm³/mol. The van der Waals surface area contributed by atoms with Gasteiger partial charge in [-0.3, -0.25) is 4.79 Å². The number of nitrogens with zero attached hydrogens (tertiary/aromatic N) is 3. The number of nitrogen functional groups attached to an aromatic ring is 1. The van der Waals surface area contributed by atoms with Crippen molar-refractivity contribution in [3.05, 3.63) is 48.0 Å². The van der Waals surface area contributed by atoms with Crippen molar-refractivity contribution in [2.75, 3.05) is 24.2 Å². The van der Waals surface area contributed by atoms with E-state index in [-0.39, 0.29) is 12.5 Å². The number of rotatable bonds is 5. The Labute approximate surface area is 169 Å². The number of aromatic nitrogens is 2. The van der Waals surface area contributed by atoms with Gasteiger partial charge in [0.15, 0.2) is 5.13 Å². The Bertz CT molecular complexity index is 978. The molecule has 0 saturated heterocycles. The topological polar surface area (TPSA) is 81.3 Å². The summed E-state index contributed by atoms with van der Waals surface area (Å²) in [6.45, 7) is 5.69. The average Bonchev–Trinajstić information content (AvgIpc) is 3.07. The smallest absolute Gasteiger partial charge is 0.326 e. The van der Waals surface area contributed by atoms with Gasteiger partial charge in [-0.15, -0.1) is 11.3 Å². The summed E-state index contributed by atoms with van der Waals surface area (Å²) in [5.74, 6) is 0.414. The number of likely N-dealkylation sites (N-methyl/N-ethyl adjacent to an activating group) is 1. The molecule has 0 aliphatic heterocycles. The molecule has 3 aromatic rings. The minimum Gasteiger partial charge on any atom is -0.459 e. The minimum absolute atomic E-state index is 0.131. The van der Waals surface area contributed by atoms with Gasteiger partial charge in [-0.05, 0) is 50.1 Å². The van der Waals surface area contributed by atoms with E-state index in [1.807, 2.05) is 63.5 Å². The van der Waals surface area contributed by atoms with Crippen LogP contribution < -0.4 is 10.6 Å². The van der Waals surface area contributed by atoms with Crippen LogP contribution in [0.1, 0.15) is 20.8 Å². The number of anilines is 2. The molecule has 0 saturated carbocycles. The van der Waals surface area contributed by atoms with Gasteiger partial charge in [0, 0.05) is 24.2 Å². The number of nitrogens with two attached hydrogens (primary N) is 1. The first kappa shape index (κ1) is 19.8. The highest BCUT2D eigenvalue weighted by molar-refractivity contribution is 7.13. The van der Waals surface area contributed by atoms with Crippen LogP contribution in [0.15, 0.2) is 48.0 Å². The second kappa shape index (κ2) is 7.98. The van der Waals surface area contributed by atoms with Gasteiger partial charge in [0.05, 0.1) is 5.69 Å². The van der Waals surface area contributed by atoms with E-state index in [1.54, 1.807) is 11.1 Å². The molecule has 0 spiro atoms. The number of pyridine rings is 1. The Hall–Kier alpha value is -2.93. The average molecular weight is 397 g/mol. The van der Waals surface area contributed by atoms with Crippen LogP contribution in [0.4, 0.5) is 10.9 Å². The molecule has 0 amide bonds. The summed E-state index contributed by atoms with van der Waals surface area (Å²) in [4.78, 5) is 22.6. The van der Waals surface area contributed by atoms with Crippen LogP contribution in [0.25, 0.3) is 22.4 Å². The summed E-state index contributed by atoms with van der Waals surface area (Å²) in [6.07, 6.45) is 1.74. The van der Waals surface area contributed by atoms with Gasteiger partial charge in [-0.25, -0.2) is 9.97 Å². The second-order valence-electron chi connectivity index (χ2n) is 7.50. The van der Waals surface area contributed by atoms with Crippen LogP contribution in [-0.4, -0.2) is 35.1 Å². The number of benzene rings is 1. The lowest BCUT2D eigenvalue weighted by Crippen LogP contribution is -2.33. The van der Waals surface area contributed by atoms with Crippen molar-refractivity contribution in [1.82, 2.24) is 9.97 Å². The Morgan fingerprint density at radius 1 is 1.18 bits per heavy atom. The Balaban J connectivity index is 1.81. The highest BCUT2D eigenvalue weighted by Crippen LogP contribution is 2.29. The standard InChI is InChI=1S/C21H24N4O2S/c1-21(2,3)27-19(26)12-25(4)18-11-15(8-9-23-18)14-6-5-7-16(10-14)17-13-28-20(22)24-17/h5-11,13H,12H2,1-4H3,(H2,22,24). The Morgan fingerprint density at radius 3 is 2.57 bits per heavy atom. The molecule has 0 bridgehead atoms. The number of ether oxygens (including phenoxy) is 1. The van der Waals surface area contributed by atoms with Crippen LogP contribution in [0.2, 0.25) is 0 Å². The summed E-state index contributed by atoms with van der Waals surface area (Å²) < 4.78 is 5.39. The number of esters is 1. The van der Waals surface area contributed by atoms with E-state index in [0.29, 0.717) is 10.9 Å². The SMILES string of the molecule is CN(CC(=O)OC(C)(C)C)c1cc(-c2cccc(-c3csc(N)n3)c2)ccn1. The van der Waals surface area contributed by atoms with E-state index in [9.17, 15) is 4.79 Å². The maximum atomic E-state index is 12.1. The molecule has 0 fully saturated rings. The van der Waals surface area contributed by atoms with Crippen molar-refractivity contribution < 1.29 is 9.53 Å². The molecule has 0 radical (unpaired) electrons. The number of hydrogen-bond donors (Lipinski definition) is 1. The number of carbonyl (C=O) groups excluding carboxylic acids is 1. The zero-order valence-corrected chi connectivity index (χ0v) is 17.3. The van der Waals surface area contributed by atoms with Crippen LogP contribution in [0.5, 0.6) is 0 Å². The van der Waals surface area contributed by atoms with E-state index in [2.05, 4.69) is 16.0 Å². The van der Waals surface area contributed by atoms with Crippen molar-refractivity contribution in [3.63, 3.8) is 0 Å². The van der Waals surface area contributed by atoms with Gasteiger partial charge in [0.2, 0.25) is 0 Å². The molecule has 2 N–H and O–H groups in total. The highest BCUT2D eigenvalue weighted by Gasteiger charge is 2.18. The summed E-state index contributed by atoms with van der Waals surface area (Å²) in [7, 11) is 1.82. The summed E-state index contributed by atoms with van der Waals surface area (Å²) in [5.41, 5.74) is 9.16. The lowest BCUT2D eigenvalue weighted by molar-refractivity contribution is -0.152. The van der Waals surface area contributed by atoms with E-state index >= 15 is 0 Å². The summed E-state index contributed by atoms with van der Waals surface area (Å²) in [6, 6.07) is 12.0. The van der Waals surface area contributed by atoms with Crippen LogP contribution in [0, 0.1) is 0 Å². The molecule has 28 heavy (non-hydrogen) atoms. The largest absolute Gasteiger partial charge is 0.459 e. The van der Waals surface area contributed by atoms with Gasteiger partial charge >= 0.3 is 5.97 Å². The van der Waals surface area contributed by atoms with Crippen molar-refractivity contribution in [1.29, 1.82) is 0 Å². The zero-order chi connectivity index (χ0) is 20.3. The number of hydrogen-bond acceptors (Lipinski definition) is 7. The highest BCUT2D eigenvalue weighted by atomic mass is 32.1. The molecule has 2 aromatic heterocycles. The van der Waals surface area contributed by atoms with Crippen molar-refractivity contribution in [2.24, 2.45) is 0 Å². The van der Waals surface area contributed by atoms with E-state index < -0.39 is 5.60 Å². The molecular weight excluding hydrogens is 372 g/mol. The van der Waals surface area contributed by atoms with Crippen LogP contribution in [-0.2, 0) is 9.53 Å². The maximum absolute atomic E-state index is 12.1. The third kappa shape index (κ3) is 5.07. The molecule has 0 aliphatic rings. The van der Waals surface area contributed by atoms with Gasteiger partial charge in [-0.1, -0.05) is 18.2 Å². The maximum Gasteiger partial charge on any atom is 0.326 e. The first-order chi connectivity index (χ1) is 13.2. The van der Waals surface area contributed by atoms with Gasteiger partial charge < -0.3 is 15.4 Å². The summed E-state index contributed by atoms with van der Waals surface area (Å²) in [5, 5.41) is 2.50. The Morgan fingerprint density at radius 2 is 1.89 bits per heavy atom. The quantitative estimate of drug-likeness (QED) is 0.650. The lowest BCUT2D eigenvalue weighted by atomic mass is 10.0. The van der Waals surface area contributed by atoms with Gasteiger partial charge in [-0.2, -0.15) is 0 Å². The number of thiazole rings is 1. The first-order valence-corrected chi connectivity index (χ1v) is 9.80. The second-order valence-corrected chi connectivity index (χ2v) is 8.39. The van der Waals surface area contributed by atoms with Crippen LogP contribution >= 0.6 is 11.3 Å². The van der Waals surface area contributed by atoms with E-state index in [4.69, 9.17) is 10.5 Å². The fraction of sp³-hybridized carbons (Fsp3) is 0.286. The van der Waals surface area contributed by atoms with Crippen molar-refractivity contribution in [3.8, 4) is 22.4 Å². The predicted octanol–water partition coefficient (Wildman–Crippen LogP) is 4.23. The third-order valence-electron chi connectivity index (χ3n) is 3.94. The van der Waals surface area contributed by atoms with Crippen molar-refractivity contribution >= 4 is 28.3 Å². The fourth-order valence-electron chi connectivity index (χ4n) is 2.73. The number of carbonyl (C=O) groups is 1. The molecule has 0 atom stereocenters. The molecule has 146 valence electrons. The monoisotopic (exact) mass is 396 g/mol. The van der Waals surface area contributed by atoms with Crippen LogP contribution in [0.3, 0.4) is 0 Å². The van der Waals surface area contributed by atoms with Gasteiger partial charge in [0.25, 0.3) is 0 Å². The molecule has 7 heteroatoms. The molecule has 0 unspecified atom stereocenters. The molecule has 3 rings (SSSR count).